The Morgan fingerprint density at radius 2 is 2.20 bits per heavy atom. The molecule has 0 spiro atoms. The summed E-state index contributed by atoms with van der Waals surface area (Å²) in [5.41, 5.74) is 0.115. The third-order valence-electron chi connectivity index (χ3n) is 2.80. The van der Waals surface area contributed by atoms with Crippen LogP contribution < -0.4 is 4.72 Å². The highest BCUT2D eigenvalue weighted by molar-refractivity contribution is 7.89. The Balaban J connectivity index is 2.25. The lowest BCUT2D eigenvalue weighted by atomic mass is 10.2. The van der Waals surface area contributed by atoms with Crippen LogP contribution in [0.25, 0.3) is 0 Å². The second-order valence-corrected chi connectivity index (χ2v) is 5.86. The van der Waals surface area contributed by atoms with Crippen LogP contribution in [-0.2, 0) is 24.3 Å². The summed E-state index contributed by atoms with van der Waals surface area (Å²) in [4.78, 5) is 22.5. The van der Waals surface area contributed by atoms with Crippen molar-refractivity contribution < 1.29 is 27.5 Å². The Kier molecular flexibility index (Phi) is 4.05. The second-order valence-electron chi connectivity index (χ2n) is 4.15. The van der Waals surface area contributed by atoms with Gasteiger partial charge in [-0.25, -0.2) is 13.2 Å². The number of carbonyl (C=O) groups is 2. The molecule has 7 nitrogen and oxygen atoms in total. The number of hydrogen-bond donors (Lipinski definition) is 1. The Bertz CT molecular complexity index is 639. The van der Waals surface area contributed by atoms with Crippen molar-refractivity contribution in [3.63, 3.8) is 0 Å². The van der Waals surface area contributed by atoms with E-state index >= 15 is 0 Å². The molecular weight excluding hydrogens is 286 g/mol. The first-order valence-corrected chi connectivity index (χ1v) is 7.30. The maximum Gasteiger partial charge on any atom is 0.337 e. The van der Waals surface area contributed by atoms with Gasteiger partial charge in [-0.15, -0.1) is 0 Å². The van der Waals surface area contributed by atoms with Gasteiger partial charge in [0.25, 0.3) is 0 Å². The van der Waals surface area contributed by atoms with E-state index in [9.17, 15) is 18.0 Å². The number of methoxy groups -OCH3 is 1. The number of rotatable bonds is 4. The smallest absolute Gasteiger partial charge is 0.337 e. The molecule has 8 heteroatoms. The number of nitrogens with one attached hydrogen (secondary N) is 1. The van der Waals surface area contributed by atoms with Crippen molar-refractivity contribution in [1.29, 1.82) is 0 Å². The van der Waals surface area contributed by atoms with Crippen molar-refractivity contribution in [1.82, 2.24) is 4.72 Å². The van der Waals surface area contributed by atoms with Crippen LogP contribution in [0.5, 0.6) is 0 Å². The van der Waals surface area contributed by atoms with Crippen molar-refractivity contribution in [2.24, 2.45) is 0 Å². The molecule has 0 saturated carbocycles. The Labute approximate surface area is 115 Å². The first-order valence-electron chi connectivity index (χ1n) is 5.81. The van der Waals surface area contributed by atoms with Gasteiger partial charge in [0.15, 0.2) is 0 Å². The van der Waals surface area contributed by atoms with Gasteiger partial charge in [0, 0.05) is 6.42 Å². The van der Waals surface area contributed by atoms with Crippen LogP contribution in [0.15, 0.2) is 29.2 Å². The standard InChI is InChI=1S/C12H13NO6S/c1-18-11(14)8-3-2-4-9(7-8)20(16,17)13-10-5-6-19-12(10)15/h2-4,7,10,13H,5-6H2,1H3/t10-/m0/s1. The third-order valence-corrected chi connectivity index (χ3v) is 4.27. The zero-order chi connectivity index (χ0) is 14.8. The lowest BCUT2D eigenvalue weighted by Gasteiger charge is -2.10. The molecule has 1 heterocycles. The van der Waals surface area contributed by atoms with Crippen molar-refractivity contribution in [3.8, 4) is 0 Å². The van der Waals surface area contributed by atoms with Gasteiger partial charge in [-0.3, -0.25) is 4.79 Å². The largest absolute Gasteiger partial charge is 0.465 e. The Morgan fingerprint density at radius 3 is 2.80 bits per heavy atom. The van der Waals surface area contributed by atoms with Gasteiger partial charge < -0.3 is 9.47 Å². The summed E-state index contributed by atoms with van der Waals surface area (Å²) in [6.07, 6.45) is 0.286. The second kappa shape index (κ2) is 5.59. The SMILES string of the molecule is COC(=O)c1cccc(S(=O)(=O)N[C@H]2CCOC2=O)c1. The number of ether oxygens (including phenoxy) is 2. The van der Waals surface area contributed by atoms with Crippen molar-refractivity contribution in [2.75, 3.05) is 13.7 Å². The summed E-state index contributed by atoms with van der Waals surface area (Å²) in [7, 11) is -2.69. The van der Waals surface area contributed by atoms with E-state index < -0.39 is 28.0 Å². The molecule has 2 rings (SSSR count). The molecule has 1 aromatic carbocycles. The fraction of sp³-hybridized carbons (Fsp3) is 0.333. The molecule has 1 saturated heterocycles. The van der Waals surface area contributed by atoms with E-state index in [4.69, 9.17) is 0 Å². The maximum absolute atomic E-state index is 12.1. The molecule has 1 aromatic rings. The molecule has 1 N–H and O–H groups in total. The van der Waals surface area contributed by atoms with Crippen molar-refractivity contribution in [2.45, 2.75) is 17.4 Å². The molecule has 20 heavy (non-hydrogen) atoms. The molecule has 1 aliphatic heterocycles. The molecule has 0 radical (unpaired) electrons. The fourth-order valence-electron chi connectivity index (χ4n) is 1.77. The molecule has 0 aromatic heterocycles. The summed E-state index contributed by atoms with van der Waals surface area (Å²) in [6.45, 7) is 0.189. The summed E-state index contributed by atoms with van der Waals surface area (Å²) < 4.78 is 35.7. The van der Waals surface area contributed by atoms with Gasteiger partial charge in [-0.2, -0.15) is 4.72 Å². The molecule has 0 aliphatic carbocycles. The highest BCUT2D eigenvalue weighted by Gasteiger charge is 2.31. The molecule has 1 fully saturated rings. The molecule has 0 amide bonds. The lowest BCUT2D eigenvalue weighted by Crippen LogP contribution is -2.37. The zero-order valence-corrected chi connectivity index (χ0v) is 11.5. The van der Waals surface area contributed by atoms with Gasteiger partial charge in [0.05, 0.1) is 24.2 Å². The quantitative estimate of drug-likeness (QED) is 0.790. The molecule has 0 unspecified atom stereocenters. The van der Waals surface area contributed by atoms with Crippen LogP contribution in [0.4, 0.5) is 0 Å². The van der Waals surface area contributed by atoms with Crippen LogP contribution in [0.2, 0.25) is 0 Å². The number of hydrogen-bond acceptors (Lipinski definition) is 6. The molecule has 1 atom stereocenters. The molecule has 1 aliphatic rings. The number of carbonyl (C=O) groups excluding carboxylic acids is 2. The average molecular weight is 299 g/mol. The minimum absolute atomic E-state index is 0.111. The Morgan fingerprint density at radius 1 is 1.45 bits per heavy atom. The highest BCUT2D eigenvalue weighted by atomic mass is 32.2. The van der Waals surface area contributed by atoms with E-state index in [2.05, 4.69) is 14.2 Å². The summed E-state index contributed by atoms with van der Waals surface area (Å²) >= 11 is 0. The number of sulfonamides is 1. The van der Waals surface area contributed by atoms with Gasteiger partial charge in [-0.05, 0) is 18.2 Å². The summed E-state index contributed by atoms with van der Waals surface area (Å²) in [5.74, 6) is -1.24. The summed E-state index contributed by atoms with van der Waals surface area (Å²) in [5, 5.41) is 0. The van der Waals surface area contributed by atoms with E-state index in [1.807, 2.05) is 0 Å². The van der Waals surface area contributed by atoms with Crippen LogP contribution >= 0.6 is 0 Å². The number of benzene rings is 1. The monoisotopic (exact) mass is 299 g/mol. The van der Waals surface area contributed by atoms with Crippen LogP contribution in [0.3, 0.4) is 0 Å². The van der Waals surface area contributed by atoms with Crippen LogP contribution in [-0.4, -0.2) is 40.1 Å². The fourth-order valence-corrected chi connectivity index (χ4v) is 3.03. The molecule has 0 bridgehead atoms. The zero-order valence-electron chi connectivity index (χ0n) is 10.7. The molecule has 108 valence electrons. The predicted octanol–water partition coefficient (Wildman–Crippen LogP) is 0.0670. The topological polar surface area (TPSA) is 98.8 Å². The first kappa shape index (κ1) is 14.5. The lowest BCUT2D eigenvalue weighted by molar-refractivity contribution is -0.139. The predicted molar refractivity (Wildman–Crippen MR) is 67.5 cm³/mol. The van der Waals surface area contributed by atoms with Crippen molar-refractivity contribution in [3.05, 3.63) is 29.8 Å². The number of esters is 2. The summed E-state index contributed by atoms with van der Waals surface area (Å²) in [6, 6.07) is 4.49. The normalized spacial score (nSPS) is 18.6. The van der Waals surface area contributed by atoms with Crippen LogP contribution in [0.1, 0.15) is 16.8 Å². The third kappa shape index (κ3) is 2.97. The van der Waals surface area contributed by atoms with E-state index in [1.54, 1.807) is 0 Å². The maximum atomic E-state index is 12.1. The minimum atomic E-state index is -3.90. The average Bonchev–Trinajstić information content (AvgIpc) is 2.83. The van der Waals surface area contributed by atoms with Crippen molar-refractivity contribution >= 4 is 22.0 Å². The van der Waals surface area contributed by atoms with Gasteiger partial charge >= 0.3 is 11.9 Å². The highest BCUT2D eigenvalue weighted by Crippen LogP contribution is 2.15. The van der Waals surface area contributed by atoms with E-state index in [0.717, 1.165) is 0 Å². The number of cyclic esters (lactones) is 1. The molecular formula is C12H13NO6S. The van der Waals surface area contributed by atoms with E-state index in [1.165, 1.54) is 31.4 Å². The van der Waals surface area contributed by atoms with Crippen LogP contribution in [0, 0.1) is 0 Å². The van der Waals surface area contributed by atoms with Gasteiger partial charge in [-0.1, -0.05) is 6.07 Å². The Hall–Kier alpha value is -1.93. The van der Waals surface area contributed by atoms with E-state index in [0.29, 0.717) is 0 Å². The first-order chi connectivity index (χ1) is 9.44. The van der Waals surface area contributed by atoms with Gasteiger partial charge in [0.1, 0.15) is 6.04 Å². The van der Waals surface area contributed by atoms with Gasteiger partial charge in [0.2, 0.25) is 10.0 Å². The van der Waals surface area contributed by atoms with E-state index in [-0.39, 0.29) is 23.5 Å². The minimum Gasteiger partial charge on any atom is -0.465 e.